The van der Waals surface area contributed by atoms with Crippen molar-refractivity contribution in [1.29, 1.82) is 0 Å². The molecule has 5 rings (SSSR count). The molecule has 1 N–H and O–H groups in total. The Bertz CT molecular complexity index is 1310. The number of rotatable bonds is 5. The summed E-state index contributed by atoms with van der Waals surface area (Å²) in [6, 6.07) is 16.4. The van der Waals surface area contributed by atoms with Gasteiger partial charge in [0.05, 0.1) is 10.7 Å². The van der Waals surface area contributed by atoms with E-state index in [0.29, 0.717) is 22.9 Å². The number of nitrogens with zero attached hydrogens (tertiary/aromatic N) is 1. The summed E-state index contributed by atoms with van der Waals surface area (Å²) in [7, 11) is 0. The number of hydrogen-bond donors (Lipinski definition) is 1. The van der Waals surface area contributed by atoms with Crippen molar-refractivity contribution in [3.63, 3.8) is 0 Å². The first-order chi connectivity index (χ1) is 16.5. The second-order valence-corrected chi connectivity index (χ2v) is 7.98. The van der Waals surface area contributed by atoms with Crippen molar-refractivity contribution >= 4 is 35.2 Å². The van der Waals surface area contributed by atoms with Gasteiger partial charge in [-0.3, -0.25) is 14.5 Å². The summed E-state index contributed by atoms with van der Waals surface area (Å²) >= 11 is 6.11. The summed E-state index contributed by atoms with van der Waals surface area (Å²) in [4.78, 5) is 27.2. The molecule has 2 amide bonds. The van der Waals surface area contributed by atoms with Gasteiger partial charge < -0.3 is 19.5 Å². The molecule has 2 aliphatic rings. The standard InChI is InChI=1S/C25H18ClFN2O5/c26-17-4-3-5-18(27)16(17)11-23-25(31)29(19-6-1-2-7-20(19)34-23)13-24(30)28-12-15-8-9-21-22(10-15)33-14-32-21/h1-11H,12-14H2,(H,28,30). The molecule has 172 valence electrons. The molecule has 0 unspecified atom stereocenters. The summed E-state index contributed by atoms with van der Waals surface area (Å²) < 4.78 is 30.7. The molecule has 7 nitrogen and oxygen atoms in total. The van der Waals surface area contributed by atoms with E-state index in [1.54, 1.807) is 36.4 Å². The van der Waals surface area contributed by atoms with Gasteiger partial charge in [-0.15, -0.1) is 0 Å². The van der Waals surface area contributed by atoms with Crippen LogP contribution in [0.1, 0.15) is 11.1 Å². The highest BCUT2D eigenvalue weighted by Crippen LogP contribution is 2.36. The lowest BCUT2D eigenvalue weighted by Crippen LogP contribution is -2.44. The molecule has 0 atom stereocenters. The van der Waals surface area contributed by atoms with Crippen LogP contribution in [0.2, 0.25) is 5.02 Å². The van der Waals surface area contributed by atoms with Gasteiger partial charge >= 0.3 is 0 Å². The molecule has 0 radical (unpaired) electrons. The topological polar surface area (TPSA) is 77.1 Å². The lowest BCUT2D eigenvalue weighted by Gasteiger charge is -2.30. The number of nitrogens with one attached hydrogen (secondary N) is 1. The smallest absolute Gasteiger partial charge is 0.294 e. The molecule has 0 saturated heterocycles. The SMILES string of the molecule is O=C(CN1C(=O)C(=Cc2c(F)cccc2Cl)Oc2ccccc21)NCc1ccc2c(c1)OCO2. The van der Waals surface area contributed by atoms with Crippen LogP contribution in [0.3, 0.4) is 0 Å². The largest absolute Gasteiger partial charge is 0.454 e. The first kappa shape index (κ1) is 21.8. The van der Waals surface area contributed by atoms with Crippen molar-refractivity contribution in [3.8, 4) is 17.2 Å². The van der Waals surface area contributed by atoms with E-state index in [0.717, 1.165) is 5.56 Å². The van der Waals surface area contributed by atoms with Crippen LogP contribution < -0.4 is 24.4 Å². The Morgan fingerprint density at radius 3 is 2.74 bits per heavy atom. The van der Waals surface area contributed by atoms with Crippen molar-refractivity contribution in [2.24, 2.45) is 0 Å². The maximum absolute atomic E-state index is 14.3. The molecule has 0 aliphatic carbocycles. The number of halogens is 2. The number of ether oxygens (including phenoxy) is 3. The second-order valence-electron chi connectivity index (χ2n) is 7.57. The van der Waals surface area contributed by atoms with Crippen LogP contribution in [0.5, 0.6) is 17.2 Å². The van der Waals surface area contributed by atoms with Gasteiger partial charge in [-0.25, -0.2) is 4.39 Å². The summed E-state index contributed by atoms with van der Waals surface area (Å²) in [5.74, 6) is -0.0744. The van der Waals surface area contributed by atoms with Crippen molar-refractivity contribution < 1.29 is 28.2 Å². The number of hydrogen-bond acceptors (Lipinski definition) is 5. The Balaban J connectivity index is 1.36. The average Bonchev–Trinajstić information content (AvgIpc) is 3.30. The fourth-order valence-electron chi connectivity index (χ4n) is 3.65. The number of amides is 2. The van der Waals surface area contributed by atoms with E-state index in [9.17, 15) is 14.0 Å². The zero-order valence-electron chi connectivity index (χ0n) is 17.7. The zero-order valence-corrected chi connectivity index (χ0v) is 18.5. The molecule has 2 aliphatic heterocycles. The second kappa shape index (κ2) is 9.07. The Kier molecular flexibility index (Phi) is 5.81. The van der Waals surface area contributed by atoms with Gasteiger partial charge in [0.2, 0.25) is 12.7 Å². The van der Waals surface area contributed by atoms with Gasteiger partial charge in [-0.05, 0) is 48.0 Å². The van der Waals surface area contributed by atoms with Crippen LogP contribution in [-0.4, -0.2) is 25.2 Å². The minimum Gasteiger partial charge on any atom is -0.454 e. The Labute approximate surface area is 199 Å². The molecule has 0 spiro atoms. The molecule has 2 heterocycles. The molecule has 0 saturated carbocycles. The quantitative estimate of drug-likeness (QED) is 0.551. The van der Waals surface area contributed by atoms with Gasteiger partial charge in [-0.2, -0.15) is 0 Å². The zero-order chi connectivity index (χ0) is 23.7. The van der Waals surface area contributed by atoms with Crippen LogP contribution in [0.4, 0.5) is 10.1 Å². The molecule has 3 aromatic rings. The van der Waals surface area contributed by atoms with E-state index in [1.807, 2.05) is 6.07 Å². The highest BCUT2D eigenvalue weighted by atomic mass is 35.5. The normalized spacial score (nSPS) is 15.2. The van der Waals surface area contributed by atoms with E-state index in [-0.39, 0.29) is 42.1 Å². The third-order valence-corrected chi connectivity index (χ3v) is 5.67. The van der Waals surface area contributed by atoms with Crippen LogP contribution in [0, 0.1) is 5.82 Å². The van der Waals surface area contributed by atoms with E-state index < -0.39 is 11.7 Å². The fraction of sp³-hybridized carbons (Fsp3) is 0.120. The molecule has 0 aromatic heterocycles. The van der Waals surface area contributed by atoms with Gasteiger partial charge in [0, 0.05) is 12.1 Å². The van der Waals surface area contributed by atoms with Crippen LogP contribution in [0.25, 0.3) is 6.08 Å². The molecule has 0 bridgehead atoms. The highest BCUT2D eigenvalue weighted by Gasteiger charge is 2.32. The molecule has 3 aromatic carbocycles. The third kappa shape index (κ3) is 4.27. The lowest BCUT2D eigenvalue weighted by molar-refractivity contribution is -0.123. The van der Waals surface area contributed by atoms with E-state index in [4.69, 9.17) is 25.8 Å². The number of carbonyl (C=O) groups excluding carboxylic acids is 2. The minimum atomic E-state index is -0.594. The Hall–Kier alpha value is -4.04. The number of fused-ring (bicyclic) bond motifs is 2. The monoisotopic (exact) mass is 480 g/mol. The minimum absolute atomic E-state index is 0.0270. The van der Waals surface area contributed by atoms with E-state index >= 15 is 0 Å². The van der Waals surface area contributed by atoms with Crippen LogP contribution in [0.15, 0.2) is 66.4 Å². The van der Waals surface area contributed by atoms with Crippen LogP contribution in [-0.2, 0) is 16.1 Å². The van der Waals surface area contributed by atoms with Crippen molar-refractivity contribution in [2.75, 3.05) is 18.2 Å². The van der Waals surface area contributed by atoms with Gasteiger partial charge in [0.25, 0.3) is 5.91 Å². The lowest BCUT2D eigenvalue weighted by atomic mass is 10.1. The first-order valence-electron chi connectivity index (χ1n) is 10.4. The number of carbonyl (C=O) groups is 2. The number of para-hydroxylation sites is 2. The third-order valence-electron chi connectivity index (χ3n) is 5.34. The molecule has 0 fully saturated rings. The van der Waals surface area contributed by atoms with Gasteiger partial charge in [0.1, 0.15) is 12.4 Å². The summed E-state index contributed by atoms with van der Waals surface area (Å²) in [6.45, 7) is 0.146. The van der Waals surface area contributed by atoms with Gasteiger partial charge in [0.15, 0.2) is 23.0 Å². The summed E-state index contributed by atoms with van der Waals surface area (Å²) in [5.41, 5.74) is 1.28. The predicted molar refractivity (Wildman–Crippen MR) is 123 cm³/mol. The summed E-state index contributed by atoms with van der Waals surface area (Å²) in [5, 5.41) is 2.94. The maximum atomic E-state index is 14.3. The number of anilines is 1. The first-order valence-corrected chi connectivity index (χ1v) is 10.8. The molecular weight excluding hydrogens is 463 g/mol. The van der Waals surface area contributed by atoms with Gasteiger partial charge in [-0.1, -0.05) is 35.9 Å². The molecular formula is C25H18ClFN2O5. The fourth-order valence-corrected chi connectivity index (χ4v) is 3.87. The molecule has 9 heteroatoms. The van der Waals surface area contributed by atoms with Crippen molar-refractivity contribution in [3.05, 3.63) is 88.4 Å². The Morgan fingerprint density at radius 1 is 1.06 bits per heavy atom. The summed E-state index contributed by atoms with van der Waals surface area (Å²) in [6.07, 6.45) is 1.24. The predicted octanol–water partition coefficient (Wildman–Crippen LogP) is 4.29. The number of benzene rings is 3. The van der Waals surface area contributed by atoms with E-state index in [2.05, 4.69) is 5.32 Å². The van der Waals surface area contributed by atoms with Crippen molar-refractivity contribution in [2.45, 2.75) is 6.54 Å². The van der Waals surface area contributed by atoms with E-state index in [1.165, 1.54) is 29.2 Å². The van der Waals surface area contributed by atoms with Crippen LogP contribution >= 0.6 is 11.6 Å². The molecule has 34 heavy (non-hydrogen) atoms. The Morgan fingerprint density at radius 2 is 1.88 bits per heavy atom. The average molecular weight is 481 g/mol. The van der Waals surface area contributed by atoms with Crippen molar-refractivity contribution in [1.82, 2.24) is 5.32 Å². The maximum Gasteiger partial charge on any atom is 0.294 e. The highest BCUT2D eigenvalue weighted by molar-refractivity contribution is 6.32.